The van der Waals surface area contributed by atoms with Crippen molar-refractivity contribution in [3.05, 3.63) is 55.0 Å². The first-order valence-corrected chi connectivity index (χ1v) is 5.12. The molecule has 0 spiro atoms. The number of ketones is 1. The minimum Gasteiger partial charge on any atom is -0.294 e. The Kier molecular flexibility index (Phi) is 2.82. The third-order valence-electron chi connectivity index (χ3n) is 2.48. The summed E-state index contributed by atoms with van der Waals surface area (Å²) in [5.41, 5.74) is 0.789. The Bertz CT molecular complexity index is 485. The van der Waals surface area contributed by atoms with Gasteiger partial charge in [0.25, 0.3) is 0 Å². The number of fused-ring (bicyclic) bond motifs is 1. The normalized spacial score (nSPS) is 10.5. The van der Waals surface area contributed by atoms with Crippen LogP contribution in [0.2, 0.25) is 0 Å². The summed E-state index contributed by atoms with van der Waals surface area (Å²) < 4.78 is 0. The highest BCUT2D eigenvalue weighted by Crippen LogP contribution is 2.16. The Labute approximate surface area is 89.7 Å². The fraction of sp³-hybridized carbons (Fsp3) is 0.143. The molecular formula is C14H13O. The number of Topliss-reactive ketones (excluding diaryl/α,β-unsaturated/α-hetero) is 1. The molecule has 0 bridgehead atoms. The third-order valence-corrected chi connectivity index (χ3v) is 2.48. The summed E-state index contributed by atoms with van der Waals surface area (Å²) >= 11 is 0. The van der Waals surface area contributed by atoms with Gasteiger partial charge in [-0.1, -0.05) is 43.3 Å². The summed E-state index contributed by atoms with van der Waals surface area (Å²) in [6.45, 7) is 3.69. The maximum absolute atomic E-state index is 11.6. The standard InChI is InChI=1S/C14H13O/c1-2-5-14(15)13-9-8-11-6-3-4-7-12(11)10-13/h3-4,6-10H,1-2,5H2. The maximum Gasteiger partial charge on any atom is 0.162 e. The van der Waals surface area contributed by atoms with Gasteiger partial charge in [0.05, 0.1) is 0 Å². The minimum absolute atomic E-state index is 0.177. The first-order chi connectivity index (χ1) is 7.31. The zero-order valence-corrected chi connectivity index (χ0v) is 8.57. The fourth-order valence-corrected chi connectivity index (χ4v) is 1.67. The van der Waals surface area contributed by atoms with Gasteiger partial charge in [-0.3, -0.25) is 4.79 Å². The van der Waals surface area contributed by atoms with Crippen LogP contribution in [-0.4, -0.2) is 5.78 Å². The molecule has 2 aromatic carbocycles. The number of rotatable bonds is 3. The Morgan fingerprint density at radius 2 is 1.80 bits per heavy atom. The zero-order valence-electron chi connectivity index (χ0n) is 8.57. The fourth-order valence-electron chi connectivity index (χ4n) is 1.67. The van der Waals surface area contributed by atoms with Crippen LogP contribution in [0.4, 0.5) is 0 Å². The van der Waals surface area contributed by atoms with Crippen molar-refractivity contribution in [1.82, 2.24) is 0 Å². The van der Waals surface area contributed by atoms with Crippen molar-refractivity contribution < 1.29 is 4.79 Å². The van der Waals surface area contributed by atoms with Crippen molar-refractivity contribution in [3.63, 3.8) is 0 Å². The third kappa shape index (κ3) is 2.07. The van der Waals surface area contributed by atoms with Crippen molar-refractivity contribution in [3.8, 4) is 0 Å². The van der Waals surface area contributed by atoms with E-state index < -0.39 is 0 Å². The predicted molar refractivity (Wildman–Crippen MR) is 62.9 cm³/mol. The molecule has 0 aliphatic heterocycles. The van der Waals surface area contributed by atoms with Gasteiger partial charge in [-0.05, 0) is 23.3 Å². The van der Waals surface area contributed by atoms with Gasteiger partial charge >= 0.3 is 0 Å². The Balaban J connectivity index is 2.42. The van der Waals surface area contributed by atoms with Gasteiger partial charge in [-0.15, -0.1) is 0 Å². The molecule has 0 aliphatic rings. The summed E-state index contributed by atoms with van der Waals surface area (Å²) in [6.07, 6.45) is 1.18. The van der Waals surface area contributed by atoms with E-state index in [1.165, 1.54) is 5.39 Å². The van der Waals surface area contributed by atoms with Gasteiger partial charge in [0.2, 0.25) is 0 Å². The Morgan fingerprint density at radius 3 is 2.53 bits per heavy atom. The molecule has 0 heterocycles. The second-order valence-corrected chi connectivity index (χ2v) is 3.59. The molecule has 2 aromatic rings. The molecule has 0 N–H and O–H groups in total. The molecule has 2 rings (SSSR count). The first kappa shape index (κ1) is 9.91. The number of hydrogen-bond donors (Lipinski definition) is 0. The summed E-state index contributed by atoms with van der Waals surface area (Å²) in [6, 6.07) is 13.9. The van der Waals surface area contributed by atoms with E-state index in [1.807, 2.05) is 42.5 Å². The highest BCUT2D eigenvalue weighted by atomic mass is 16.1. The predicted octanol–water partition coefficient (Wildman–Crippen LogP) is 3.64. The highest BCUT2D eigenvalue weighted by Gasteiger charge is 2.04. The molecular weight excluding hydrogens is 184 g/mol. The van der Waals surface area contributed by atoms with Crippen LogP contribution < -0.4 is 0 Å². The average molecular weight is 197 g/mol. The van der Waals surface area contributed by atoms with Gasteiger partial charge in [0.15, 0.2) is 5.78 Å². The van der Waals surface area contributed by atoms with Crippen molar-refractivity contribution in [2.75, 3.05) is 0 Å². The van der Waals surface area contributed by atoms with E-state index in [9.17, 15) is 4.79 Å². The van der Waals surface area contributed by atoms with E-state index in [0.717, 1.165) is 10.9 Å². The molecule has 1 heteroatoms. The van der Waals surface area contributed by atoms with Gasteiger partial charge in [0, 0.05) is 12.0 Å². The Hall–Kier alpha value is -1.63. The number of hydrogen-bond acceptors (Lipinski definition) is 1. The van der Waals surface area contributed by atoms with E-state index >= 15 is 0 Å². The van der Waals surface area contributed by atoms with Crippen LogP contribution in [0, 0.1) is 6.92 Å². The molecule has 0 fully saturated rings. The lowest BCUT2D eigenvalue weighted by Crippen LogP contribution is -1.97. The zero-order chi connectivity index (χ0) is 10.7. The van der Waals surface area contributed by atoms with Crippen LogP contribution in [0.25, 0.3) is 10.8 Å². The molecule has 1 nitrogen and oxygen atoms in total. The molecule has 0 saturated carbocycles. The van der Waals surface area contributed by atoms with Crippen LogP contribution in [0.3, 0.4) is 0 Å². The van der Waals surface area contributed by atoms with Crippen molar-refractivity contribution >= 4 is 16.6 Å². The smallest absolute Gasteiger partial charge is 0.162 e. The molecule has 1 radical (unpaired) electrons. The Morgan fingerprint density at radius 1 is 1.07 bits per heavy atom. The molecule has 0 unspecified atom stereocenters. The molecule has 0 aliphatic carbocycles. The topological polar surface area (TPSA) is 17.1 Å². The summed E-state index contributed by atoms with van der Waals surface area (Å²) in [7, 11) is 0. The number of carbonyl (C=O) groups excluding carboxylic acids is 1. The first-order valence-electron chi connectivity index (χ1n) is 5.12. The molecule has 0 aromatic heterocycles. The van der Waals surface area contributed by atoms with Gasteiger partial charge in [0.1, 0.15) is 0 Å². The monoisotopic (exact) mass is 197 g/mol. The van der Waals surface area contributed by atoms with Crippen LogP contribution in [0.15, 0.2) is 42.5 Å². The quantitative estimate of drug-likeness (QED) is 0.686. The SMILES string of the molecule is [CH2]CCC(=O)c1ccc2ccccc2c1. The van der Waals surface area contributed by atoms with E-state index in [2.05, 4.69) is 6.92 Å². The van der Waals surface area contributed by atoms with E-state index in [-0.39, 0.29) is 5.78 Å². The average Bonchev–Trinajstić information content (AvgIpc) is 2.29. The molecule has 0 saturated heterocycles. The van der Waals surface area contributed by atoms with Crippen LogP contribution in [-0.2, 0) is 0 Å². The highest BCUT2D eigenvalue weighted by molar-refractivity contribution is 5.99. The van der Waals surface area contributed by atoms with Gasteiger partial charge in [-0.2, -0.15) is 0 Å². The second kappa shape index (κ2) is 4.26. The largest absolute Gasteiger partial charge is 0.294 e. The minimum atomic E-state index is 0.177. The van der Waals surface area contributed by atoms with E-state index in [1.54, 1.807) is 0 Å². The van der Waals surface area contributed by atoms with Crippen LogP contribution >= 0.6 is 0 Å². The van der Waals surface area contributed by atoms with Crippen LogP contribution in [0.5, 0.6) is 0 Å². The van der Waals surface area contributed by atoms with Crippen molar-refractivity contribution in [1.29, 1.82) is 0 Å². The maximum atomic E-state index is 11.6. The number of benzene rings is 2. The molecule has 0 amide bonds. The molecule has 15 heavy (non-hydrogen) atoms. The lowest BCUT2D eigenvalue weighted by atomic mass is 10.0. The van der Waals surface area contributed by atoms with Gasteiger partial charge in [-0.25, -0.2) is 0 Å². The van der Waals surface area contributed by atoms with Gasteiger partial charge < -0.3 is 0 Å². The summed E-state index contributed by atoms with van der Waals surface area (Å²) in [5, 5.41) is 2.29. The van der Waals surface area contributed by atoms with E-state index in [4.69, 9.17) is 0 Å². The number of carbonyl (C=O) groups is 1. The summed E-state index contributed by atoms with van der Waals surface area (Å²) in [5.74, 6) is 0.177. The molecule has 75 valence electrons. The lowest BCUT2D eigenvalue weighted by molar-refractivity contribution is 0.0983. The summed E-state index contributed by atoms with van der Waals surface area (Å²) in [4.78, 5) is 11.6. The van der Waals surface area contributed by atoms with Crippen molar-refractivity contribution in [2.24, 2.45) is 0 Å². The second-order valence-electron chi connectivity index (χ2n) is 3.59. The van der Waals surface area contributed by atoms with Crippen molar-refractivity contribution in [2.45, 2.75) is 12.8 Å². The van der Waals surface area contributed by atoms with E-state index in [0.29, 0.717) is 12.8 Å². The lowest BCUT2D eigenvalue weighted by Gasteiger charge is -2.01. The van der Waals surface area contributed by atoms with Crippen LogP contribution in [0.1, 0.15) is 23.2 Å². The molecule has 0 atom stereocenters.